The van der Waals surface area contributed by atoms with Gasteiger partial charge >= 0.3 is 0 Å². The zero-order valence-electron chi connectivity index (χ0n) is 10.2. The third-order valence-corrected chi connectivity index (χ3v) is 4.27. The summed E-state index contributed by atoms with van der Waals surface area (Å²) in [5.41, 5.74) is 1.76. The van der Waals surface area contributed by atoms with E-state index in [4.69, 9.17) is 11.6 Å². The number of fused-ring (bicyclic) bond motifs is 1. The lowest BCUT2D eigenvalue weighted by molar-refractivity contribution is -0.110. The molecular formula is C13H6Br2ClN3O2. The van der Waals surface area contributed by atoms with Crippen molar-refractivity contribution in [3.63, 3.8) is 0 Å². The molecule has 0 fully saturated rings. The first-order valence-corrected chi connectivity index (χ1v) is 7.66. The summed E-state index contributed by atoms with van der Waals surface area (Å²) in [6, 6.07) is 3.41. The van der Waals surface area contributed by atoms with E-state index in [0.717, 1.165) is 5.56 Å². The third-order valence-electron chi connectivity index (χ3n) is 2.88. The van der Waals surface area contributed by atoms with E-state index in [-0.39, 0.29) is 16.9 Å². The molecule has 0 saturated heterocycles. The molecule has 1 aromatic heterocycles. The summed E-state index contributed by atoms with van der Waals surface area (Å²) in [6.45, 7) is 0. The smallest absolute Gasteiger partial charge is 0.257 e. The van der Waals surface area contributed by atoms with Gasteiger partial charge in [0.15, 0.2) is 0 Å². The van der Waals surface area contributed by atoms with Gasteiger partial charge in [0.2, 0.25) is 5.28 Å². The molecule has 0 radical (unpaired) electrons. The predicted molar refractivity (Wildman–Crippen MR) is 87.0 cm³/mol. The summed E-state index contributed by atoms with van der Waals surface area (Å²) in [6.07, 6.45) is 3.19. The molecule has 1 aliphatic rings. The van der Waals surface area contributed by atoms with Crippen LogP contribution in [0, 0.1) is 0 Å². The quantitative estimate of drug-likeness (QED) is 0.531. The van der Waals surface area contributed by atoms with E-state index in [1.807, 2.05) is 0 Å². The second kappa shape index (κ2) is 5.40. The SMILES string of the molecule is O=C1Nc2nc(Cl)ncc2/C1=C/c1cc(Br)c(O)c(Br)c1. The summed E-state index contributed by atoms with van der Waals surface area (Å²) in [5.74, 6) is 0.216. The van der Waals surface area contributed by atoms with Gasteiger partial charge in [-0.3, -0.25) is 4.79 Å². The van der Waals surface area contributed by atoms with Crippen LogP contribution in [0.1, 0.15) is 11.1 Å². The molecule has 21 heavy (non-hydrogen) atoms. The van der Waals surface area contributed by atoms with Crippen LogP contribution < -0.4 is 5.32 Å². The number of hydrogen-bond donors (Lipinski definition) is 2. The van der Waals surface area contributed by atoms with E-state index in [9.17, 15) is 9.90 Å². The third kappa shape index (κ3) is 2.68. The number of phenolic OH excluding ortho intramolecular Hbond substituents is 1. The van der Waals surface area contributed by atoms with Crippen molar-refractivity contribution < 1.29 is 9.90 Å². The second-order valence-corrected chi connectivity index (χ2v) is 6.29. The van der Waals surface area contributed by atoms with Gasteiger partial charge in [0.1, 0.15) is 11.6 Å². The van der Waals surface area contributed by atoms with Crippen LogP contribution in [0.5, 0.6) is 5.75 Å². The topological polar surface area (TPSA) is 75.1 Å². The predicted octanol–water partition coefficient (Wildman–Crippen LogP) is 3.85. The Morgan fingerprint density at radius 3 is 2.62 bits per heavy atom. The van der Waals surface area contributed by atoms with Gasteiger partial charge in [0.05, 0.1) is 14.5 Å². The van der Waals surface area contributed by atoms with Gasteiger partial charge in [-0.1, -0.05) is 0 Å². The number of aromatic hydroxyl groups is 1. The molecule has 0 aliphatic carbocycles. The lowest BCUT2D eigenvalue weighted by Gasteiger charge is -2.03. The van der Waals surface area contributed by atoms with Crippen molar-refractivity contribution in [1.29, 1.82) is 0 Å². The maximum Gasteiger partial charge on any atom is 0.257 e. The number of benzene rings is 1. The van der Waals surface area contributed by atoms with Gasteiger partial charge in [-0.05, 0) is 67.2 Å². The van der Waals surface area contributed by atoms with Crippen LogP contribution in [0.25, 0.3) is 11.6 Å². The first-order chi connectivity index (χ1) is 9.95. The Hall–Kier alpha value is -1.44. The normalized spacial score (nSPS) is 15.2. The first kappa shape index (κ1) is 14.5. The molecule has 0 saturated carbocycles. The Labute approximate surface area is 141 Å². The highest BCUT2D eigenvalue weighted by Gasteiger charge is 2.26. The van der Waals surface area contributed by atoms with Crippen LogP contribution >= 0.6 is 43.5 Å². The molecule has 0 spiro atoms. The Balaban J connectivity index is 2.11. The fourth-order valence-electron chi connectivity index (χ4n) is 1.93. The van der Waals surface area contributed by atoms with E-state index < -0.39 is 0 Å². The van der Waals surface area contributed by atoms with Crippen molar-refractivity contribution in [2.45, 2.75) is 0 Å². The summed E-state index contributed by atoms with van der Waals surface area (Å²) in [5, 5.41) is 12.4. The van der Waals surface area contributed by atoms with Gasteiger partial charge in [-0.15, -0.1) is 0 Å². The number of hydrogen-bond acceptors (Lipinski definition) is 4. The molecule has 1 amide bonds. The monoisotopic (exact) mass is 429 g/mol. The maximum absolute atomic E-state index is 12.0. The average molecular weight is 431 g/mol. The molecule has 0 atom stereocenters. The number of amides is 1. The van der Waals surface area contributed by atoms with Crippen LogP contribution in [0.3, 0.4) is 0 Å². The molecule has 106 valence electrons. The minimum atomic E-state index is -0.276. The number of phenols is 1. The van der Waals surface area contributed by atoms with E-state index in [2.05, 4.69) is 47.1 Å². The lowest BCUT2D eigenvalue weighted by Crippen LogP contribution is -2.04. The summed E-state index contributed by atoms with van der Waals surface area (Å²) in [7, 11) is 0. The molecule has 0 bridgehead atoms. The highest BCUT2D eigenvalue weighted by molar-refractivity contribution is 9.11. The van der Waals surface area contributed by atoms with E-state index in [1.165, 1.54) is 6.20 Å². The Morgan fingerprint density at radius 2 is 1.95 bits per heavy atom. The van der Waals surface area contributed by atoms with Crippen LogP contribution in [-0.4, -0.2) is 21.0 Å². The average Bonchev–Trinajstić information content (AvgIpc) is 2.71. The molecule has 8 heteroatoms. The van der Waals surface area contributed by atoms with Crippen LogP contribution in [-0.2, 0) is 4.79 Å². The number of carbonyl (C=O) groups is 1. The van der Waals surface area contributed by atoms with E-state index in [1.54, 1.807) is 18.2 Å². The number of carbonyl (C=O) groups excluding carboxylic acids is 1. The van der Waals surface area contributed by atoms with Crippen molar-refractivity contribution in [3.05, 3.63) is 43.7 Å². The summed E-state index contributed by atoms with van der Waals surface area (Å²) >= 11 is 12.2. The number of anilines is 1. The molecule has 1 aliphatic heterocycles. The molecule has 3 rings (SSSR count). The van der Waals surface area contributed by atoms with Crippen molar-refractivity contribution in [2.24, 2.45) is 0 Å². The standard InChI is InChI=1S/C13H6Br2ClN3O2/c14-8-2-5(3-9(15)10(8)20)1-6-7-4-17-13(16)19-11(7)18-12(6)21/h1-4,20H,(H,17,18,19,21)/b6-1-. The molecule has 5 nitrogen and oxygen atoms in total. The zero-order valence-corrected chi connectivity index (χ0v) is 14.1. The van der Waals surface area contributed by atoms with Crippen LogP contribution in [0.4, 0.5) is 5.82 Å². The van der Waals surface area contributed by atoms with Gasteiger partial charge < -0.3 is 10.4 Å². The Bertz CT molecular complexity index is 785. The Kier molecular flexibility index (Phi) is 3.73. The summed E-state index contributed by atoms with van der Waals surface area (Å²) in [4.78, 5) is 19.9. The lowest BCUT2D eigenvalue weighted by atomic mass is 10.1. The minimum Gasteiger partial charge on any atom is -0.506 e. The van der Waals surface area contributed by atoms with Crippen molar-refractivity contribution in [1.82, 2.24) is 9.97 Å². The van der Waals surface area contributed by atoms with Crippen LogP contribution in [0.2, 0.25) is 5.28 Å². The highest BCUT2D eigenvalue weighted by atomic mass is 79.9. The van der Waals surface area contributed by atoms with Crippen molar-refractivity contribution >= 4 is 66.8 Å². The molecule has 2 N–H and O–H groups in total. The van der Waals surface area contributed by atoms with Gasteiger partial charge in [0, 0.05) is 11.8 Å². The number of aromatic nitrogens is 2. The van der Waals surface area contributed by atoms with Gasteiger partial charge in [-0.2, -0.15) is 4.98 Å². The molecule has 2 heterocycles. The van der Waals surface area contributed by atoms with Crippen molar-refractivity contribution in [2.75, 3.05) is 5.32 Å². The summed E-state index contributed by atoms with van der Waals surface area (Å²) < 4.78 is 1.05. The Morgan fingerprint density at radius 1 is 1.29 bits per heavy atom. The minimum absolute atomic E-state index is 0.0745. The second-order valence-electron chi connectivity index (χ2n) is 4.25. The number of rotatable bonds is 1. The van der Waals surface area contributed by atoms with Crippen LogP contribution in [0.15, 0.2) is 27.3 Å². The van der Waals surface area contributed by atoms with Gasteiger partial charge in [0.25, 0.3) is 5.91 Å². The number of halogens is 3. The molecular weight excluding hydrogens is 425 g/mol. The number of nitrogens with one attached hydrogen (secondary N) is 1. The molecule has 1 aromatic carbocycles. The fourth-order valence-corrected chi connectivity index (χ4v) is 3.28. The van der Waals surface area contributed by atoms with Crippen molar-refractivity contribution in [3.8, 4) is 5.75 Å². The molecule has 0 unspecified atom stereocenters. The number of nitrogens with zero attached hydrogens (tertiary/aromatic N) is 2. The van der Waals surface area contributed by atoms with E-state index in [0.29, 0.717) is 25.9 Å². The maximum atomic E-state index is 12.0. The first-order valence-electron chi connectivity index (χ1n) is 5.69. The van der Waals surface area contributed by atoms with Gasteiger partial charge in [-0.25, -0.2) is 4.98 Å². The largest absolute Gasteiger partial charge is 0.506 e. The molecule has 2 aromatic rings. The van der Waals surface area contributed by atoms with E-state index >= 15 is 0 Å². The fraction of sp³-hybridized carbons (Fsp3) is 0. The highest BCUT2D eigenvalue weighted by Crippen LogP contribution is 2.36. The zero-order chi connectivity index (χ0) is 15.1.